The summed E-state index contributed by atoms with van der Waals surface area (Å²) in [5.41, 5.74) is -0.0301. The van der Waals surface area contributed by atoms with Crippen LogP contribution in [0, 0.1) is 11.3 Å². The molecule has 0 bridgehead atoms. The molecule has 2 rings (SSSR count). The van der Waals surface area contributed by atoms with Crippen LogP contribution >= 0.6 is 22.0 Å². The minimum absolute atomic E-state index is 0.0371. The number of ketones is 1. The third-order valence-electron chi connectivity index (χ3n) is 3.46. The van der Waals surface area contributed by atoms with Gasteiger partial charge >= 0.3 is 0 Å². The molecular weight excluding hydrogens is 346 g/mol. The highest BCUT2D eigenvalue weighted by Gasteiger charge is 2.36. The van der Waals surface area contributed by atoms with E-state index in [1.807, 2.05) is 20.8 Å². The number of Topliss-reactive ketones (excluding diaryl/α,β-unsaturated/α-hetero) is 1. The summed E-state index contributed by atoms with van der Waals surface area (Å²) in [5.74, 6) is -0.777. The van der Waals surface area contributed by atoms with E-state index in [0.29, 0.717) is 10.6 Å². The van der Waals surface area contributed by atoms with Crippen molar-refractivity contribution >= 4 is 47.8 Å². The second kappa shape index (κ2) is 5.94. The first-order valence-electron chi connectivity index (χ1n) is 6.84. The van der Waals surface area contributed by atoms with E-state index in [1.165, 1.54) is 16.2 Å². The number of hydrogen-bond acceptors (Lipinski definition) is 5. The SMILES string of the molecule is CC(C)(C)C(=O)c1ccsc1N1CC(CS(=O)(=O)Cl)CC1=O. The van der Waals surface area contributed by atoms with Gasteiger partial charge in [-0.2, -0.15) is 0 Å². The quantitative estimate of drug-likeness (QED) is 0.609. The number of nitrogens with zero attached hydrogens (tertiary/aromatic N) is 1. The fourth-order valence-electron chi connectivity index (χ4n) is 2.46. The van der Waals surface area contributed by atoms with E-state index in [0.717, 1.165) is 0 Å². The van der Waals surface area contributed by atoms with Crippen LogP contribution < -0.4 is 4.90 Å². The highest BCUT2D eigenvalue weighted by molar-refractivity contribution is 8.13. The molecule has 1 aliphatic rings. The Bertz CT molecular complexity index is 703. The molecule has 0 N–H and O–H groups in total. The number of anilines is 1. The summed E-state index contributed by atoms with van der Waals surface area (Å²) < 4.78 is 22.4. The number of amides is 1. The molecule has 22 heavy (non-hydrogen) atoms. The van der Waals surface area contributed by atoms with Crippen LogP contribution in [0.3, 0.4) is 0 Å². The van der Waals surface area contributed by atoms with Crippen LogP contribution in [0.1, 0.15) is 37.6 Å². The Hall–Kier alpha value is -0.920. The summed E-state index contributed by atoms with van der Waals surface area (Å²) in [5, 5.41) is 2.37. The molecule has 1 amide bonds. The van der Waals surface area contributed by atoms with Crippen LogP contribution in [0.15, 0.2) is 11.4 Å². The highest BCUT2D eigenvalue weighted by atomic mass is 35.7. The van der Waals surface area contributed by atoms with Crippen molar-refractivity contribution in [3.8, 4) is 0 Å². The topological polar surface area (TPSA) is 71.5 Å². The van der Waals surface area contributed by atoms with E-state index in [4.69, 9.17) is 10.7 Å². The average Bonchev–Trinajstić information content (AvgIpc) is 2.91. The molecule has 1 unspecified atom stereocenters. The second-order valence-corrected chi connectivity index (χ2v) is 10.2. The zero-order chi connectivity index (χ0) is 16.7. The van der Waals surface area contributed by atoms with Gasteiger partial charge in [0.05, 0.1) is 11.3 Å². The minimum atomic E-state index is -3.64. The van der Waals surface area contributed by atoms with Crippen molar-refractivity contribution < 1.29 is 18.0 Å². The highest BCUT2D eigenvalue weighted by Crippen LogP contribution is 2.36. The molecule has 2 heterocycles. The number of carbonyl (C=O) groups excluding carboxylic acids is 2. The van der Waals surface area contributed by atoms with Gasteiger partial charge in [0.1, 0.15) is 5.00 Å². The lowest BCUT2D eigenvalue weighted by molar-refractivity contribution is -0.117. The zero-order valence-corrected chi connectivity index (χ0v) is 15.0. The van der Waals surface area contributed by atoms with Crippen LogP contribution in [0.5, 0.6) is 0 Å². The van der Waals surface area contributed by atoms with Gasteiger partial charge in [0.15, 0.2) is 5.78 Å². The van der Waals surface area contributed by atoms with Crippen molar-refractivity contribution in [2.75, 3.05) is 17.2 Å². The van der Waals surface area contributed by atoms with E-state index in [1.54, 1.807) is 11.4 Å². The fraction of sp³-hybridized carbons (Fsp3) is 0.571. The predicted octanol–water partition coefficient (Wildman–Crippen LogP) is 2.90. The number of hydrogen-bond donors (Lipinski definition) is 0. The van der Waals surface area contributed by atoms with E-state index in [2.05, 4.69) is 0 Å². The van der Waals surface area contributed by atoms with Crippen LogP contribution in [0.25, 0.3) is 0 Å². The average molecular weight is 364 g/mol. The van der Waals surface area contributed by atoms with Gasteiger partial charge in [-0.1, -0.05) is 20.8 Å². The van der Waals surface area contributed by atoms with Gasteiger partial charge in [0.2, 0.25) is 15.0 Å². The molecule has 1 atom stereocenters. The molecule has 1 aromatic heterocycles. The molecule has 5 nitrogen and oxygen atoms in total. The second-order valence-electron chi connectivity index (χ2n) is 6.50. The smallest absolute Gasteiger partial charge is 0.232 e. The summed E-state index contributed by atoms with van der Waals surface area (Å²) in [4.78, 5) is 26.2. The van der Waals surface area contributed by atoms with Crippen molar-refractivity contribution in [3.05, 3.63) is 17.0 Å². The van der Waals surface area contributed by atoms with E-state index < -0.39 is 14.5 Å². The lowest BCUT2D eigenvalue weighted by atomic mass is 9.87. The van der Waals surface area contributed by atoms with Crippen molar-refractivity contribution in [1.82, 2.24) is 0 Å². The van der Waals surface area contributed by atoms with E-state index in [9.17, 15) is 18.0 Å². The maximum atomic E-state index is 12.5. The largest absolute Gasteiger partial charge is 0.303 e. The number of halogens is 1. The van der Waals surface area contributed by atoms with E-state index >= 15 is 0 Å². The molecule has 1 saturated heterocycles. The fourth-order valence-corrected chi connectivity index (χ4v) is 4.70. The van der Waals surface area contributed by atoms with Crippen molar-refractivity contribution in [2.45, 2.75) is 27.2 Å². The Balaban J connectivity index is 2.25. The Morgan fingerprint density at radius 1 is 1.45 bits per heavy atom. The van der Waals surface area contributed by atoms with Gasteiger partial charge in [-0.3, -0.25) is 9.59 Å². The maximum absolute atomic E-state index is 12.5. The number of thiophene rings is 1. The minimum Gasteiger partial charge on any atom is -0.303 e. The number of carbonyl (C=O) groups is 2. The normalized spacial score (nSPS) is 19.7. The zero-order valence-electron chi connectivity index (χ0n) is 12.6. The molecule has 0 aromatic carbocycles. The molecule has 0 radical (unpaired) electrons. The Morgan fingerprint density at radius 2 is 2.09 bits per heavy atom. The molecule has 1 aliphatic heterocycles. The predicted molar refractivity (Wildman–Crippen MR) is 88.2 cm³/mol. The molecule has 1 aromatic rings. The van der Waals surface area contributed by atoms with Gasteiger partial charge in [0.25, 0.3) is 0 Å². The van der Waals surface area contributed by atoms with Crippen molar-refractivity contribution in [1.29, 1.82) is 0 Å². The molecule has 0 spiro atoms. The molecule has 0 aliphatic carbocycles. The monoisotopic (exact) mass is 363 g/mol. The summed E-state index contributed by atoms with van der Waals surface area (Å²) >= 11 is 1.32. The molecule has 122 valence electrons. The summed E-state index contributed by atoms with van der Waals surface area (Å²) in [7, 11) is 1.62. The van der Waals surface area contributed by atoms with E-state index in [-0.39, 0.29) is 36.3 Å². The first kappa shape index (κ1) is 17.4. The van der Waals surface area contributed by atoms with Gasteiger partial charge in [0, 0.05) is 35.0 Å². The number of rotatable bonds is 4. The Labute approximate surface area is 138 Å². The molecule has 0 saturated carbocycles. The first-order valence-corrected chi connectivity index (χ1v) is 10.2. The van der Waals surface area contributed by atoms with Crippen LogP contribution in [-0.4, -0.2) is 32.4 Å². The summed E-state index contributed by atoms with van der Waals surface area (Å²) in [6.07, 6.45) is 0.132. The van der Waals surface area contributed by atoms with Gasteiger partial charge in [-0.05, 0) is 11.4 Å². The maximum Gasteiger partial charge on any atom is 0.232 e. The summed E-state index contributed by atoms with van der Waals surface area (Å²) in [6.45, 7) is 5.75. The Kier molecular flexibility index (Phi) is 4.71. The van der Waals surface area contributed by atoms with Crippen LogP contribution in [0.4, 0.5) is 5.00 Å². The van der Waals surface area contributed by atoms with Crippen molar-refractivity contribution in [2.24, 2.45) is 11.3 Å². The first-order chi connectivity index (χ1) is 9.99. The lowest BCUT2D eigenvalue weighted by Gasteiger charge is -2.20. The van der Waals surface area contributed by atoms with Crippen molar-refractivity contribution in [3.63, 3.8) is 0 Å². The Morgan fingerprint density at radius 3 is 2.64 bits per heavy atom. The van der Waals surface area contributed by atoms with Gasteiger partial charge in [-0.25, -0.2) is 8.42 Å². The molecule has 1 fully saturated rings. The van der Waals surface area contributed by atoms with Crippen LogP contribution in [0.2, 0.25) is 0 Å². The standard InChI is InChI=1S/C14H18ClNO4S2/c1-14(2,3)12(18)10-4-5-21-13(10)16-7-9(6-11(16)17)8-22(15,19)20/h4-5,9H,6-8H2,1-3H3. The third-order valence-corrected chi connectivity index (χ3v) is 5.64. The molecular formula is C14H18ClNO4S2. The van der Waals surface area contributed by atoms with Gasteiger partial charge < -0.3 is 4.90 Å². The molecule has 8 heteroatoms. The lowest BCUT2D eigenvalue weighted by Crippen LogP contribution is -2.28. The third kappa shape index (κ3) is 3.88. The van der Waals surface area contributed by atoms with Gasteiger partial charge in [-0.15, -0.1) is 11.3 Å². The summed E-state index contributed by atoms with van der Waals surface area (Å²) in [6, 6.07) is 1.71. The van der Waals surface area contributed by atoms with Crippen LogP contribution in [-0.2, 0) is 13.8 Å².